The normalized spacial score (nSPS) is 35.7. The second kappa shape index (κ2) is 4.24. The van der Waals surface area contributed by atoms with Gasteiger partial charge in [-0.3, -0.25) is 4.79 Å². The summed E-state index contributed by atoms with van der Waals surface area (Å²) in [5, 5.41) is 0.691. The third-order valence-corrected chi connectivity index (χ3v) is 5.65. The molecule has 4 fully saturated rings. The SMILES string of the molecule is O=C(c1ccc(Cl)cc1)N1C[C@@H]2C[C@H]3CCC2[C@@H]1C3. The number of benzene rings is 1. The lowest BCUT2D eigenvalue weighted by Gasteiger charge is -2.42. The molecule has 1 saturated heterocycles. The van der Waals surface area contributed by atoms with Crippen LogP contribution in [-0.4, -0.2) is 23.4 Å². The Morgan fingerprint density at radius 2 is 1.95 bits per heavy atom. The number of nitrogens with zero attached hydrogens (tertiary/aromatic N) is 1. The molecule has 5 rings (SSSR count). The van der Waals surface area contributed by atoms with Gasteiger partial charge in [-0.05, 0) is 61.3 Å². The third kappa shape index (κ3) is 1.80. The molecule has 100 valence electrons. The minimum Gasteiger partial charge on any atom is -0.335 e. The Morgan fingerprint density at radius 1 is 1.16 bits per heavy atom. The van der Waals surface area contributed by atoms with Crippen molar-refractivity contribution in [2.75, 3.05) is 6.54 Å². The van der Waals surface area contributed by atoms with Gasteiger partial charge in [0.2, 0.25) is 0 Å². The smallest absolute Gasteiger partial charge is 0.254 e. The van der Waals surface area contributed by atoms with E-state index < -0.39 is 0 Å². The Hall–Kier alpha value is -1.02. The van der Waals surface area contributed by atoms with E-state index in [1.165, 1.54) is 25.7 Å². The molecule has 0 spiro atoms. The van der Waals surface area contributed by atoms with E-state index in [9.17, 15) is 4.79 Å². The Labute approximate surface area is 118 Å². The zero-order chi connectivity index (χ0) is 13.0. The minimum atomic E-state index is 0.205. The van der Waals surface area contributed by atoms with Crippen molar-refractivity contribution in [2.24, 2.45) is 17.8 Å². The maximum Gasteiger partial charge on any atom is 0.254 e. The van der Waals surface area contributed by atoms with Gasteiger partial charge in [-0.15, -0.1) is 0 Å². The lowest BCUT2D eigenvalue weighted by atomic mass is 9.65. The molecule has 2 nitrogen and oxygen atoms in total. The van der Waals surface area contributed by atoms with Crippen LogP contribution in [0.3, 0.4) is 0 Å². The van der Waals surface area contributed by atoms with Crippen LogP contribution >= 0.6 is 11.6 Å². The van der Waals surface area contributed by atoms with Gasteiger partial charge in [0, 0.05) is 23.2 Å². The Balaban J connectivity index is 1.60. The Bertz CT molecular complexity index is 512. The fourth-order valence-electron chi connectivity index (χ4n) is 4.57. The highest BCUT2D eigenvalue weighted by atomic mass is 35.5. The average Bonchev–Trinajstić information content (AvgIpc) is 2.71. The lowest BCUT2D eigenvalue weighted by molar-refractivity contribution is 0.0609. The first-order chi connectivity index (χ1) is 9.22. The number of amides is 1. The van der Waals surface area contributed by atoms with E-state index in [0.29, 0.717) is 11.1 Å². The quantitative estimate of drug-likeness (QED) is 0.767. The van der Waals surface area contributed by atoms with Gasteiger partial charge in [0.15, 0.2) is 0 Å². The summed E-state index contributed by atoms with van der Waals surface area (Å²) in [7, 11) is 0. The van der Waals surface area contributed by atoms with Crippen molar-refractivity contribution in [1.82, 2.24) is 4.90 Å². The number of hydrogen-bond donors (Lipinski definition) is 0. The number of fused-ring (bicyclic) bond motifs is 1. The monoisotopic (exact) mass is 275 g/mol. The van der Waals surface area contributed by atoms with Crippen LogP contribution in [0.2, 0.25) is 5.02 Å². The molecule has 1 unspecified atom stereocenters. The number of rotatable bonds is 1. The van der Waals surface area contributed by atoms with Crippen molar-refractivity contribution < 1.29 is 4.79 Å². The van der Waals surface area contributed by atoms with Gasteiger partial charge in [-0.1, -0.05) is 18.0 Å². The number of carbonyl (C=O) groups is 1. The molecule has 1 heterocycles. The topological polar surface area (TPSA) is 20.3 Å². The average molecular weight is 276 g/mol. The molecule has 1 amide bonds. The summed E-state index contributed by atoms with van der Waals surface area (Å²) in [6, 6.07) is 7.84. The van der Waals surface area contributed by atoms with Crippen LogP contribution < -0.4 is 0 Å². The first-order valence-electron chi connectivity index (χ1n) is 7.29. The fourth-order valence-corrected chi connectivity index (χ4v) is 4.70. The second-order valence-electron chi connectivity index (χ2n) is 6.37. The predicted octanol–water partition coefficient (Wildman–Crippen LogP) is 3.60. The standard InChI is InChI=1S/C16H18ClNO/c17-13-4-2-11(3-5-13)16(19)18-9-12-7-10-1-6-14(12)15(18)8-10/h2-5,10,12,14-15H,1,6-9H2/t10-,12+,14?,15+/m1/s1. The molecular formula is C16H18ClNO. The van der Waals surface area contributed by atoms with Crippen molar-refractivity contribution in [2.45, 2.75) is 31.7 Å². The van der Waals surface area contributed by atoms with Crippen LogP contribution in [0.1, 0.15) is 36.0 Å². The van der Waals surface area contributed by atoms with Crippen molar-refractivity contribution in [3.63, 3.8) is 0 Å². The molecule has 0 N–H and O–H groups in total. The highest BCUT2D eigenvalue weighted by Crippen LogP contribution is 2.51. The van der Waals surface area contributed by atoms with Gasteiger partial charge < -0.3 is 4.90 Å². The summed E-state index contributed by atoms with van der Waals surface area (Å²) < 4.78 is 0. The van der Waals surface area contributed by atoms with Gasteiger partial charge in [-0.2, -0.15) is 0 Å². The summed E-state index contributed by atoms with van der Waals surface area (Å²) in [5.74, 6) is 2.63. The summed E-state index contributed by atoms with van der Waals surface area (Å²) in [5.41, 5.74) is 0.785. The van der Waals surface area contributed by atoms with E-state index in [2.05, 4.69) is 4.90 Å². The molecule has 3 saturated carbocycles. The molecule has 3 heteroatoms. The summed E-state index contributed by atoms with van der Waals surface area (Å²) >= 11 is 5.89. The van der Waals surface area contributed by atoms with E-state index in [1.807, 2.05) is 24.3 Å². The maximum atomic E-state index is 12.7. The van der Waals surface area contributed by atoms with E-state index in [-0.39, 0.29) is 5.91 Å². The number of carbonyl (C=O) groups excluding carboxylic acids is 1. The summed E-state index contributed by atoms with van der Waals surface area (Å²) in [6.45, 7) is 0.979. The lowest BCUT2D eigenvalue weighted by Crippen LogP contribution is -2.42. The highest BCUT2D eigenvalue weighted by molar-refractivity contribution is 6.30. The van der Waals surface area contributed by atoms with Gasteiger partial charge in [0.25, 0.3) is 5.91 Å². The molecule has 1 aromatic carbocycles. The van der Waals surface area contributed by atoms with Gasteiger partial charge >= 0.3 is 0 Å². The number of hydrogen-bond acceptors (Lipinski definition) is 1. The number of likely N-dealkylation sites (tertiary alicyclic amines) is 1. The molecule has 1 aliphatic heterocycles. The first kappa shape index (κ1) is 11.8. The van der Waals surface area contributed by atoms with Gasteiger partial charge in [0.1, 0.15) is 0 Å². The largest absolute Gasteiger partial charge is 0.335 e. The van der Waals surface area contributed by atoms with Gasteiger partial charge in [-0.25, -0.2) is 0 Å². The fraction of sp³-hybridized carbons (Fsp3) is 0.562. The molecule has 19 heavy (non-hydrogen) atoms. The number of halogens is 1. The summed E-state index contributed by atoms with van der Waals surface area (Å²) in [4.78, 5) is 14.8. The van der Waals surface area contributed by atoms with Crippen LogP contribution in [0, 0.1) is 17.8 Å². The van der Waals surface area contributed by atoms with E-state index in [4.69, 9.17) is 11.6 Å². The zero-order valence-corrected chi connectivity index (χ0v) is 11.6. The first-order valence-corrected chi connectivity index (χ1v) is 7.66. The van der Waals surface area contributed by atoms with Crippen LogP contribution in [0.15, 0.2) is 24.3 Å². The molecule has 1 aromatic rings. The van der Waals surface area contributed by atoms with Crippen molar-refractivity contribution in [3.05, 3.63) is 34.9 Å². The maximum absolute atomic E-state index is 12.7. The molecule has 4 bridgehead atoms. The molecular weight excluding hydrogens is 258 g/mol. The van der Waals surface area contributed by atoms with E-state index >= 15 is 0 Å². The van der Waals surface area contributed by atoms with Crippen molar-refractivity contribution in [3.8, 4) is 0 Å². The van der Waals surface area contributed by atoms with Crippen LogP contribution in [-0.2, 0) is 0 Å². The molecule has 4 aliphatic rings. The van der Waals surface area contributed by atoms with Crippen molar-refractivity contribution >= 4 is 17.5 Å². The van der Waals surface area contributed by atoms with Crippen LogP contribution in [0.5, 0.6) is 0 Å². The third-order valence-electron chi connectivity index (χ3n) is 5.40. The predicted molar refractivity (Wildman–Crippen MR) is 75.2 cm³/mol. The van der Waals surface area contributed by atoms with E-state index in [1.54, 1.807) is 0 Å². The molecule has 0 aromatic heterocycles. The molecule has 3 aliphatic carbocycles. The Morgan fingerprint density at radius 3 is 2.63 bits per heavy atom. The molecule has 4 atom stereocenters. The Kier molecular flexibility index (Phi) is 2.63. The zero-order valence-electron chi connectivity index (χ0n) is 10.9. The van der Waals surface area contributed by atoms with E-state index in [0.717, 1.165) is 29.9 Å². The summed E-state index contributed by atoms with van der Waals surface area (Å²) in [6.07, 6.45) is 5.32. The van der Waals surface area contributed by atoms with Crippen LogP contribution in [0.4, 0.5) is 0 Å². The highest BCUT2D eigenvalue weighted by Gasteiger charge is 2.51. The minimum absolute atomic E-state index is 0.205. The second-order valence-corrected chi connectivity index (χ2v) is 6.81. The molecule has 0 radical (unpaired) electrons. The van der Waals surface area contributed by atoms with Gasteiger partial charge in [0.05, 0.1) is 0 Å². The van der Waals surface area contributed by atoms with Crippen LogP contribution in [0.25, 0.3) is 0 Å². The van der Waals surface area contributed by atoms with Crippen molar-refractivity contribution in [1.29, 1.82) is 0 Å².